The summed E-state index contributed by atoms with van der Waals surface area (Å²) in [4.78, 5) is 5.26. The van der Waals surface area contributed by atoms with E-state index in [2.05, 4.69) is 343 Å². The third-order valence-corrected chi connectivity index (χ3v) is 18.4. The quantitative estimate of drug-likeness (QED) is 0.141. The normalized spacial score (nSPS) is 12.7. The van der Waals surface area contributed by atoms with E-state index < -0.39 is 0 Å². The molecule has 15 aromatic rings. The van der Waals surface area contributed by atoms with E-state index in [0.29, 0.717) is 0 Å². The maximum absolute atomic E-state index is 2.63. The van der Waals surface area contributed by atoms with Gasteiger partial charge in [0.25, 0.3) is 6.71 Å². The van der Waals surface area contributed by atoms with Gasteiger partial charge in [0.15, 0.2) is 0 Å². The van der Waals surface area contributed by atoms with Gasteiger partial charge in [0.1, 0.15) is 0 Å². The molecule has 410 valence electrons. The zero-order valence-electron chi connectivity index (χ0n) is 48.7. The van der Waals surface area contributed by atoms with Crippen LogP contribution in [0.3, 0.4) is 0 Å². The first-order valence-electron chi connectivity index (χ1n) is 30.4. The van der Waals surface area contributed by atoms with Crippen LogP contribution in [0, 0.1) is 0 Å². The molecule has 0 saturated carbocycles. The Balaban J connectivity index is 0.981. The molecule has 2 aromatic heterocycles. The minimum absolute atomic E-state index is 0.150. The van der Waals surface area contributed by atoms with Gasteiger partial charge in [-0.1, -0.05) is 239 Å². The van der Waals surface area contributed by atoms with Crippen LogP contribution in [0.15, 0.2) is 303 Å². The average Bonchev–Trinajstić information content (AvgIpc) is 1.21. The summed E-state index contributed by atoms with van der Waals surface area (Å²) < 4.78 is 4.95. The van der Waals surface area contributed by atoms with E-state index in [4.69, 9.17) is 0 Å². The van der Waals surface area contributed by atoms with E-state index in [0.717, 1.165) is 56.4 Å². The zero-order valence-corrected chi connectivity index (χ0v) is 48.7. The number of para-hydroxylation sites is 6. The highest BCUT2D eigenvalue weighted by atomic mass is 15.2. The average molecular weight is 1110 g/mol. The van der Waals surface area contributed by atoms with Gasteiger partial charge in [0.05, 0.1) is 33.4 Å². The Kier molecular flexibility index (Phi) is 11.6. The first-order valence-corrected chi connectivity index (χ1v) is 30.4. The molecule has 17 rings (SSSR count). The molecule has 0 atom stereocenters. The van der Waals surface area contributed by atoms with E-state index in [1.54, 1.807) is 0 Å². The van der Waals surface area contributed by atoms with Gasteiger partial charge in [-0.15, -0.1) is 0 Å². The number of benzene rings is 13. The lowest BCUT2D eigenvalue weighted by Crippen LogP contribution is -2.61. The molecule has 5 heteroatoms. The van der Waals surface area contributed by atoms with Crippen LogP contribution in [0.2, 0.25) is 0 Å². The number of hydrogen-bond acceptors (Lipinski definition) is 2. The number of anilines is 6. The number of nitrogens with zero attached hydrogens (tertiary/aromatic N) is 4. The molecule has 4 nitrogen and oxygen atoms in total. The molecular weight excluding hydrogens is 1050 g/mol. The summed E-state index contributed by atoms with van der Waals surface area (Å²) in [6.07, 6.45) is 0. The molecule has 2 aliphatic heterocycles. The van der Waals surface area contributed by atoms with Crippen molar-refractivity contribution in [3.63, 3.8) is 0 Å². The number of fused-ring (bicyclic) bond motifs is 10. The van der Waals surface area contributed by atoms with Crippen LogP contribution in [0.4, 0.5) is 34.1 Å². The standard InChI is InChI=1S/C82H59BN4/c1-82(2,3)60-50-79-81-80(51-60)87(72-39-17-11-33-64(72)59-31-23-29-57(49-59)55-26-8-5-9-27-55)78-53-62(85-75-42-20-14-36-67(75)68-37-15-21-43-76(68)85)45-47-70(78)83(81)69-46-44-61(84-73-40-18-12-34-65(73)66-35-13-19-41-74(66)84)52-77(69)86(79)71-38-16-10-32-63(71)58-30-22-28-56(48-58)54-24-6-4-7-25-54/h4-53H,1-3H3. The van der Waals surface area contributed by atoms with Crippen LogP contribution >= 0.6 is 0 Å². The number of rotatable bonds is 8. The molecule has 0 N–H and O–H groups in total. The third-order valence-electron chi connectivity index (χ3n) is 18.4. The van der Waals surface area contributed by atoms with E-state index in [1.807, 2.05) is 0 Å². The summed E-state index contributed by atoms with van der Waals surface area (Å²) in [5, 5.41) is 4.96. The highest BCUT2D eigenvalue weighted by Crippen LogP contribution is 2.51. The lowest BCUT2D eigenvalue weighted by atomic mass is 9.33. The van der Waals surface area contributed by atoms with Gasteiger partial charge in [-0.2, -0.15) is 0 Å². The largest absolute Gasteiger partial charge is 0.311 e. The maximum Gasteiger partial charge on any atom is 0.252 e. The van der Waals surface area contributed by atoms with Crippen molar-refractivity contribution < 1.29 is 0 Å². The molecule has 0 unspecified atom stereocenters. The second-order valence-corrected chi connectivity index (χ2v) is 24.4. The van der Waals surface area contributed by atoms with Crippen molar-refractivity contribution in [1.29, 1.82) is 0 Å². The number of aromatic nitrogens is 2. The Bertz CT molecular complexity index is 4820. The number of hydrogen-bond donors (Lipinski definition) is 0. The van der Waals surface area contributed by atoms with Crippen molar-refractivity contribution >= 4 is 101 Å². The minimum atomic E-state index is -0.248. The highest BCUT2D eigenvalue weighted by Gasteiger charge is 2.45. The Morgan fingerprint density at radius 2 is 0.609 bits per heavy atom. The summed E-state index contributed by atoms with van der Waals surface area (Å²) in [5.41, 5.74) is 28.0. The Labute approximate surface area is 507 Å². The minimum Gasteiger partial charge on any atom is -0.311 e. The molecule has 87 heavy (non-hydrogen) atoms. The summed E-state index contributed by atoms with van der Waals surface area (Å²) in [7, 11) is 0. The fraction of sp³-hybridized carbons (Fsp3) is 0.0488. The van der Waals surface area contributed by atoms with Crippen molar-refractivity contribution in [2.45, 2.75) is 26.2 Å². The summed E-state index contributed by atoms with van der Waals surface area (Å²) >= 11 is 0. The van der Waals surface area contributed by atoms with E-state index in [9.17, 15) is 0 Å². The second kappa shape index (κ2) is 19.9. The van der Waals surface area contributed by atoms with Crippen molar-refractivity contribution in [3.8, 4) is 55.9 Å². The fourth-order valence-corrected chi connectivity index (χ4v) is 14.4. The molecule has 4 heterocycles. The first-order chi connectivity index (χ1) is 42.8. The molecule has 0 fully saturated rings. The molecule has 0 aliphatic carbocycles. The molecule has 13 aromatic carbocycles. The van der Waals surface area contributed by atoms with Gasteiger partial charge in [-0.25, -0.2) is 0 Å². The highest BCUT2D eigenvalue weighted by molar-refractivity contribution is 7.00. The summed E-state index contributed by atoms with van der Waals surface area (Å²) in [6, 6.07) is 113. The third kappa shape index (κ3) is 8.07. The summed E-state index contributed by atoms with van der Waals surface area (Å²) in [6.45, 7) is 6.96. The zero-order chi connectivity index (χ0) is 57.9. The topological polar surface area (TPSA) is 16.3 Å². The molecule has 2 aliphatic rings. The van der Waals surface area contributed by atoms with Gasteiger partial charge in [0.2, 0.25) is 0 Å². The monoisotopic (exact) mass is 1110 g/mol. The van der Waals surface area contributed by atoms with Gasteiger partial charge in [0, 0.05) is 66.8 Å². The van der Waals surface area contributed by atoms with Gasteiger partial charge >= 0.3 is 0 Å². The van der Waals surface area contributed by atoms with Crippen LogP contribution in [-0.4, -0.2) is 15.8 Å². The van der Waals surface area contributed by atoms with E-state index in [1.165, 1.54) is 99.2 Å². The SMILES string of the molecule is CC(C)(C)c1cc2c3c(c1)N(c1ccccc1-c1cccc(-c4ccccc4)c1)c1cc(-n4c5ccccc5c5ccccc54)ccc1B3c1ccc(-n3c4ccccc4c4ccccc43)cc1N2c1ccccc1-c1cccc(-c2ccccc2)c1. The Morgan fingerprint density at radius 3 is 1.01 bits per heavy atom. The molecule has 0 radical (unpaired) electrons. The maximum atomic E-state index is 2.63. The molecular formula is C82H59BN4. The van der Waals surface area contributed by atoms with Crippen LogP contribution < -0.4 is 26.2 Å². The predicted octanol–water partition coefficient (Wildman–Crippen LogP) is 19.9. The predicted molar refractivity (Wildman–Crippen MR) is 370 cm³/mol. The van der Waals surface area contributed by atoms with Crippen LogP contribution in [-0.2, 0) is 5.41 Å². The Morgan fingerprint density at radius 1 is 0.264 bits per heavy atom. The van der Waals surface area contributed by atoms with Crippen LogP contribution in [0.25, 0.3) is 99.5 Å². The van der Waals surface area contributed by atoms with Crippen molar-refractivity contribution in [2.24, 2.45) is 0 Å². The lowest BCUT2D eigenvalue weighted by molar-refractivity contribution is 0.590. The van der Waals surface area contributed by atoms with Crippen molar-refractivity contribution in [1.82, 2.24) is 9.13 Å². The van der Waals surface area contributed by atoms with Crippen molar-refractivity contribution in [2.75, 3.05) is 9.80 Å². The second-order valence-electron chi connectivity index (χ2n) is 24.4. The lowest BCUT2D eigenvalue weighted by Gasteiger charge is -2.46. The van der Waals surface area contributed by atoms with E-state index in [-0.39, 0.29) is 12.1 Å². The fourth-order valence-electron chi connectivity index (χ4n) is 14.4. The molecule has 0 spiro atoms. The van der Waals surface area contributed by atoms with Crippen molar-refractivity contribution in [3.05, 3.63) is 309 Å². The molecule has 0 bridgehead atoms. The summed E-state index contributed by atoms with van der Waals surface area (Å²) in [5.74, 6) is 0. The van der Waals surface area contributed by atoms with E-state index >= 15 is 0 Å². The smallest absolute Gasteiger partial charge is 0.252 e. The van der Waals surface area contributed by atoms with Gasteiger partial charge < -0.3 is 18.9 Å². The van der Waals surface area contributed by atoms with Crippen LogP contribution in [0.5, 0.6) is 0 Å². The molecule has 0 saturated heterocycles. The molecule has 0 amide bonds. The first kappa shape index (κ1) is 50.6. The van der Waals surface area contributed by atoms with Crippen LogP contribution in [0.1, 0.15) is 26.3 Å². The van der Waals surface area contributed by atoms with Gasteiger partial charge in [-0.3, -0.25) is 0 Å². The van der Waals surface area contributed by atoms with Gasteiger partial charge in [-0.05, 0) is 146 Å². The Hall–Kier alpha value is -10.9.